The van der Waals surface area contributed by atoms with Crippen LogP contribution in [-0.4, -0.2) is 29.5 Å². The molecule has 1 aliphatic heterocycles. The highest BCUT2D eigenvalue weighted by atomic mass is 35.5. The third-order valence-electron chi connectivity index (χ3n) is 6.46. The number of nitrogens with one attached hydrogen (secondary N) is 2. The smallest absolute Gasteiger partial charge is 0.0665 e. The molecule has 0 saturated heterocycles. The van der Waals surface area contributed by atoms with Crippen LogP contribution in [0.2, 0.25) is 5.02 Å². The van der Waals surface area contributed by atoms with Gasteiger partial charge in [0.1, 0.15) is 0 Å². The van der Waals surface area contributed by atoms with Crippen molar-refractivity contribution in [2.24, 2.45) is 10.7 Å². The third-order valence-corrected chi connectivity index (χ3v) is 6.88. The normalized spacial score (nSPS) is 14.4. The highest BCUT2D eigenvalue weighted by Gasteiger charge is 2.11. The molecule has 4 rings (SSSR count). The van der Waals surface area contributed by atoms with Crippen LogP contribution < -0.4 is 11.1 Å². The molecule has 2 aromatic carbocycles. The number of aromatic nitrogens is 2. The van der Waals surface area contributed by atoms with Gasteiger partial charge in [-0.1, -0.05) is 62.2 Å². The van der Waals surface area contributed by atoms with Crippen LogP contribution in [-0.2, 0) is 19.4 Å². The topological polar surface area (TPSA) is 79.1 Å². The second kappa shape index (κ2) is 14.8. The fraction of sp³-hybridized carbons (Fsp3) is 0.448. The molecule has 4 N–H and O–H groups in total. The molecule has 190 valence electrons. The fourth-order valence-electron chi connectivity index (χ4n) is 3.87. The lowest BCUT2D eigenvalue weighted by Gasteiger charge is -2.17. The van der Waals surface area contributed by atoms with Crippen molar-refractivity contribution in [2.45, 2.75) is 72.9 Å². The molecule has 6 heteroatoms. The zero-order chi connectivity index (χ0) is 25.8. The molecule has 1 aliphatic rings. The number of benzene rings is 2. The second-order valence-corrected chi connectivity index (χ2v) is 9.25. The first-order chi connectivity index (χ1) is 16.9. The van der Waals surface area contributed by atoms with Gasteiger partial charge in [-0.2, -0.15) is 5.10 Å². The van der Waals surface area contributed by atoms with Crippen molar-refractivity contribution in [1.29, 1.82) is 0 Å². The molecule has 5 nitrogen and oxygen atoms in total. The minimum absolute atomic E-state index is 0.00167. The van der Waals surface area contributed by atoms with Crippen LogP contribution in [0.15, 0.2) is 53.2 Å². The molecule has 0 spiro atoms. The Balaban J connectivity index is 0.000000193. The van der Waals surface area contributed by atoms with Crippen molar-refractivity contribution in [3.8, 4) is 0 Å². The zero-order valence-electron chi connectivity index (χ0n) is 22.2. The Bertz CT molecular complexity index is 1110. The van der Waals surface area contributed by atoms with Crippen LogP contribution in [0.5, 0.6) is 0 Å². The first-order valence-corrected chi connectivity index (χ1v) is 13.0. The van der Waals surface area contributed by atoms with Gasteiger partial charge in [0.15, 0.2) is 0 Å². The Morgan fingerprint density at radius 3 is 2.60 bits per heavy atom. The van der Waals surface area contributed by atoms with Crippen LogP contribution in [0.3, 0.4) is 0 Å². The van der Waals surface area contributed by atoms with E-state index in [1.165, 1.54) is 36.0 Å². The minimum atomic E-state index is 0.00167. The number of rotatable bonds is 5. The largest absolute Gasteiger partial charge is 0.324 e. The Kier molecular flexibility index (Phi) is 12.2. The van der Waals surface area contributed by atoms with Crippen LogP contribution in [0, 0.1) is 0 Å². The molecule has 3 aromatic rings. The number of allylic oxidation sites excluding steroid dienone is 2. The Labute approximate surface area is 216 Å². The molecule has 0 bridgehead atoms. The fourth-order valence-corrected chi connectivity index (χ4v) is 4.22. The summed E-state index contributed by atoms with van der Waals surface area (Å²) in [6, 6.07) is 10.9. The maximum atomic E-state index is 6.22. The number of hydrogen-bond acceptors (Lipinski definition) is 4. The van der Waals surface area contributed by atoms with Gasteiger partial charge in [0.2, 0.25) is 0 Å². The molecule has 35 heavy (non-hydrogen) atoms. The Morgan fingerprint density at radius 2 is 1.97 bits per heavy atom. The lowest BCUT2D eigenvalue weighted by molar-refractivity contribution is 0.642. The maximum Gasteiger partial charge on any atom is 0.0665 e. The van der Waals surface area contributed by atoms with E-state index in [-0.39, 0.29) is 6.04 Å². The molecule has 0 aliphatic carbocycles. The van der Waals surface area contributed by atoms with Crippen molar-refractivity contribution in [3.63, 3.8) is 0 Å². The quantitative estimate of drug-likeness (QED) is 0.335. The van der Waals surface area contributed by atoms with Gasteiger partial charge in [-0.05, 0) is 80.5 Å². The number of nitrogens with zero attached hydrogens (tertiary/aromatic N) is 2. The van der Waals surface area contributed by atoms with Crippen LogP contribution in [0.1, 0.15) is 75.8 Å². The lowest BCUT2D eigenvalue weighted by atomic mass is 9.97. The Morgan fingerprint density at radius 1 is 1.20 bits per heavy atom. The van der Waals surface area contributed by atoms with Crippen molar-refractivity contribution < 1.29 is 0 Å². The van der Waals surface area contributed by atoms with E-state index in [1.54, 1.807) is 11.8 Å². The summed E-state index contributed by atoms with van der Waals surface area (Å²) in [6.07, 6.45) is 8.33. The van der Waals surface area contributed by atoms with E-state index in [0.29, 0.717) is 5.02 Å². The first-order valence-electron chi connectivity index (χ1n) is 12.6. The summed E-state index contributed by atoms with van der Waals surface area (Å²) in [4.78, 5) is 4.01. The number of aryl methyl sites for hydroxylation is 1. The van der Waals surface area contributed by atoms with Gasteiger partial charge in [-0.15, -0.1) is 0 Å². The molecule has 1 aromatic heterocycles. The van der Waals surface area contributed by atoms with E-state index in [9.17, 15) is 0 Å². The molecular formula is C29H42ClN5. The van der Waals surface area contributed by atoms with Gasteiger partial charge >= 0.3 is 0 Å². The van der Waals surface area contributed by atoms with Gasteiger partial charge in [0, 0.05) is 30.7 Å². The van der Waals surface area contributed by atoms with Gasteiger partial charge in [-0.25, -0.2) is 0 Å². The number of halogens is 1. The van der Waals surface area contributed by atoms with E-state index >= 15 is 0 Å². The monoisotopic (exact) mass is 495 g/mol. The first kappa shape index (κ1) is 28.8. The minimum Gasteiger partial charge on any atom is -0.324 e. The van der Waals surface area contributed by atoms with Gasteiger partial charge in [-0.3, -0.25) is 10.1 Å². The standard InChI is InChI=1S/C12H17N.C10H12ClN3.C7H13N/c1-2-3-10-4-5-12-9-13-7-6-11(12)8-10;1-2-8(12)6-3-4-9-7(10(6)11)5-13-14-9;1-5-6(2)7(3)8-4/h4-5,8,13H,2-3,6-7,9H2,1H3;3-5,8H,2,12H2,1H3,(H,13,14);5H,1-4H3/b;;6-5-,8-7?. The predicted octanol–water partition coefficient (Wildman–Crippen LogP) is 6.95. The summed E-state index contributed by atoms with van der Waals surface area (Å²) in [5, 5.41) is 11.9. The lowest BCUT2D eigenvalue weighted by Crippen LogP contribution is -2.23. The van der Waals surface area contributed by atoms with Crippen molar-refractivity contribution in [1.82, 2.24) is 15.5 Å². The SMILES string of the molecule is C/C=C(/C)C(C)=NC.CCC(N)c1ccc2[nH]ncc2c1Cl.CCCc1ccc2c(c1)CCNC2. The average molecular weight is 496 g/mol. The van der Waals surface area contributed by atoms with Gasteiger partial charge < -0.3 is 11.1 Å². The van der Waals surface area contributed by atoms with Crippen molar-refractivity contribution in [2.75, 3.05) is 13.6 Å². The summed E-state index contributed by atoms with van der Waals surface area (Å²) in [6.45, 7) is 12.6. The number of aromatic amines is 1. The summed E-state index contributed by atoms with van der Waals surface area (Å²) in [7, 11) is 1.81. The predicted molar refractivity (Wildman–Crippen MR) is 153 cm³/mol. The highest BCUT2D eigenvalue weighted by Crippen LogP contribution is 2.30. The third kappa shape index (κ3) is 8.31. The number of aliphatic imine (C=N–C) groups is 1. The van der Waals surface area contributed by atoms with E-state index in [2.05, 4.69) is 58.6 Å². The van der Waals surface area contributed by atoms with E-state index < -0.39 is 0 Å². The van der Waals surface area contributed by atoms with Crippen LogP contribution in [0.25, 0.3) is 10.9 Å². The number of hydrogen-bond donors (Lipinski definition) is 3. The van der Waals surface area contributed by atoms with Gasteiger partial charge in [0.05, 0.1) is 16.7 Å². The number of nitrogens with two attached hydrogens (primary N) is 1. The Hall–Kier alpha value is -2.47. The molecule has 0 amide bonds. The summed E-state index contributed by atoms with van der Waals surface area (Å²) in [5.41, 5.74) is 14.8. The molecular weight excluding hydrogens is 454 g/mol. The molecule has 2 heterocycles. The summed E-state index contributed by atoms with van der Waals surface area (Å²) in [5.74, 6) is 0. The van der Waals surface area contributed by atoms with E-state index in [4.69, 9.17) is 17.3 Å². The maximum absolute atomic E-state index is 6.22. The molecule has 1 atom stereocenters. The number of H-pyrrole nitrogens is 1. The van der Waals surface area contributed by atoms with Crippen LogP contribution >= 0.6 is 11.6 Å². The average Bonchev–Trinajstić information content (AvgIpc) is 3.38. The van der Waals surface area contributed by atoms with E-state index in [0.717, 1.165) is 41.7 Å². The highest BCUT2D eigenvalue weighted by molar-refractivity contribution is 6.36. The molecule has 0 fully saturated rings. The summed E-state index contributed by atoms with van der Waals surface area (Å²) >= 11 is 6.22. The van der Waals surface area contributed by atoms with Crippen LogP contribution in [0.4, 0.5) is 0 Å². The summed E-state index contributed by atoms with van der Waals surface area (Å²) < 4.78 is 0. The second-order valence-electron chi connectivity index (χ2n) is 8.88. The van der Waals surface area contributed by atoms with Gasteiger partial charge in [0.25, 0.3) is 0 Å². The van der Waals surface area contributed by atoms with Crippen molar-refractivity contribution >= 4 is 28.2 Å². The van der Waals surface area contributed by atoms with E-state index in [1.807, 2.05) is 40.0 Å². The zero-order valence-corrected chi connectivity index (χ0v) is 23.0. The van der Waals surface area contributed by atoms with Crippen molar-refractivity contribution in [3.05, 3.63) is 75.5 Å². The molecule has 0 radical (unpaired) electrons. The molecule has 1 unspecified atom stereocenters. The number of fused-ring (bicyclic) bond motifs is 2. The molecule has 0 saturated carbocycles.